The highest BCUT2D eigenvalue weighted by atomic mass is 16.6. The summed E-state index contributed by atoms with van der Waals surface area (Å²) in [5.41, 5.74) is 4.93. The van der Waals surface area contributed by atoms with Crippen LogP contribution in [-0.2, 0) is 4.74 Å². The quantitative estimate of drug-likeness (QED) is 0.890. The highest BCUT2D eigenvalue weighted by Gasteiger charge is 2.46. The molecule has 3 aliphatic rings. The maximum Gasteiger partial charge on any atom is 0.410 e. The van der Waals surface area contributed by atoms with E-state index in [4.69, 9.17) is 4.74 Å². The van der Waals surface area contributed by atoms with Crippen molar-refractivity contribution in [2.75, 3.05) is 13.2 Å². The lowest BCUT2D eigenvalue weighted by molar-refractivity contribution is 0.0670. The molecule has 0 unspecified atom stereocenters. The Kier molecular flexibility index (Phi) is 4.16. The first-order chi connectivity index (χ1) is 13.3. The number of hydrogen-bond acceptors (Lipinski definition) is 3. The molecule has 4 heteroatoms. The molecule has 0 aromatic heterocycles. The summed E-state index contributed by atoms with van der Waals surface area (Å²) >= 11 is 0. The molecule has 0 spiro atoms. The molecule has 4 nitrogen and oxygen atoms in total. The number of hydrogen-bond donors (Lipinski definition) is 1. The van der Waals surface area contributed by atoms with Crippen molar-refractivity contribution in [2.45, 2.75) is 43.7 Å². The van der Waals surface area contributed by atoms with Crippen molar-refractivity contribution >= 4 is 6.09 Å². The van der Waals surface area contributed by atoms with Crippen LogP contribution in [-0.4, -0.2) is 41.4 Å². The number of ether oxygens (including phenoxy) is 1. The van der Waals surface area contributed by atoms with Crippen LogP contribution in [0.1, 0.15) is 42.7 Å². The molecule has 1 aliphatic heterocycles. The lowest BCUT2D eigenvalue weighted by Crippen LogP contribution is -2.43. The Morgan fingerprint density at radius 1 is 1.04 bits per heavy atom. The third kappa shape index (κ3) is 2.66. The van der Waals surface area contributed by atoms with Crippen LogP contribution in [0.5, 0.6) is 0 Å². The molecule has 1 saturated heterocycles. The van der Waals surface area contributed by atoms with Crippen LogP contribution >= 0.6 is 0 Å². The SMILES string of the molecule is O=C(OCC1c2ccccc2-c2ccccc21)N1[C@H](CO)C[C@@H]2CCC[C@@H]21. The number of likely N-dealkylation sites (tertiary alicyclic amines) is 1. The molecule has 1 heterocycles. The summed E-state index contributed by atoms with van der Waals surface area (Å²) in [6, 6.07) is 16.9. The Morgan fingerprint density at radius 3 is 2.37 bits per heavy atom. The Hall–Kier alpha value is -2.33. The number of nitrogens with zero attached hydrogens (tertiary/aromatic N) is 1. The minimum absolute atomic E-state index is 0.0250. The van der Waals surface area contributed by atoms with Gasteiger partial charge in [-0.05, 0) is 47.4 Å². The fraction of sp³-hybridized carbons (Fsp3) is 0.435. The third-order valence-corrected chi connectivity index (χ3v) is 6.70. The Bertz CT molecular complexity index is 819. The lowest BCUT2D eigenvalue weighted by atomic mass is 9.98. The molecule has 0 radical (unpaired) electrons. The van der Waals surface area contributed by atoms with Gasteiger partial charge >= 0.3 is 6.09 Å². The van der Waals surface area contributed by atoms with Crippen LogP contribution in [0.2, 0.25) is 0 Å². The minimum Gasteiger partial charge on any atom is -0.448 e. The van der Waals surface area contributed by atoms with Crippen LogP contribution < -0.4 is 0 Å². The first-order valence-corrected chi connectivity index (χ1v) is 10.0. The molecule has 27 heavy (non-hydrogen) atoms. The van der Waals surface area contributed by atoms with E-state index >= 15 is 0 Å². The molecule has 0 bridgehead atoms. The zero-order valence-corrected chi connectivity index (χ0v) is 15.4. The molecule has 3 atom stereocenters. The number of fused-ring (bicyclic) bond motifs is 4. The molecule has 2 fully saturated rings. The second-order valence-electron chi connectivity index (χ2n) is 8.04. The number of carbonyl (C=O) groups is 1. The van der Waals surface area contributed by atoms with E-state index in [9.17, 15) is 9.90 Å². The zero-order valence-electron chi connectivity index (χ0n) is 15.4. The first-order valence-electron chi connectivity index (χ1n) is 10.0. The maximum atomic E-state index is 12.9. The predicted molar refractivity (Wildman–Crippen MR) is 104 cm³/mol. The first kappa shape index (κ1) is 16.8. The zero-order chi connectivity index (χ0) is 18.4. The van der Waals surface area contributed by atoms with Crippen molar-refractivity contribution in [3.63, 3.8) is 0 Å². The van der Waals surface area contributed by atoms with Crippen molar-refractivity contribution in [1.82, 2.24) is 4.90 Å². The molecule has 1 saturated carbocycles. The van der Waals surface area contributed by atoms with Crippen LogP contribution in [0.4, 0.5) is 4.79 Å². The summed E-state index contributed by atoms with van der Waals surface area (Å²) < 4.78 is 5.84. The Balaban J connectivity index is 1.36. The Morgan fingerprint density at radius 2 is 1.70 bits per heavy atom. The number of aliphatic hydroxyl groups is 1. The number of rotatable bonds is 3. The molecule has 1 N–H and O–H groups in total. The Labute approximate surface area is 159 Å². The molecular formula is C23H25NO3. The van der Waals surface area contributed by atoms with Gasteiger partial charge in [0, 0.05) is 12.0 Å². The van der Waals surface area contributed by atoms with Gasteiger partial charge in [-0.2, -0.15) is 0 Å². The van der Waals surface area contributed by atoms with Crippen molar-refractivity contribution < 1.29 is 14.6 Å². The van der Waals surface area contributed by atoms with E-state index in [-0.39, 0.29) is 30.7 Å². The van der Waals surface area contributed by atoms with E-state index in [1.165, 1.54) is 28.7 Å². The van der Waals surface area contributed by atoms with Gasteiger partial charge in [-0.1, -0.05) is 55.0 Å². The maximum absolute atomic E-state index is 12.9. The number of aliphatic hydroxyl groups excluding tert-OH is 1. The van der Waals surface area contributed by atoms with Gasteiger partial charge in [0.1, 0.15) is 6.61 Å². The fourth-order valence-corrected chi connectivity index (χ4v) is 5.51. The molecule has 1 amide bonds. The van der Waals surface area contributed by atoms with Gasteiger partial charge in [0.15, 0.2) is 0 Å². The smallest absolute Gasteiger partial charge is 0.410 e. The average Bonchev–Trinajstić information content (AvgIpc) is 3.37. The van der Waals surface area contributed by atoms with Crippen molar-refractivity contribution in [3.05, 3.63) is 59.7 Å². The van der Waals surface area contributed by atoms with Gasteiger partial charge in [0.05, 0.1) is 12.6 Å². The van der Waals surface area contributed by atoms with Crippen LogP contribution in [0, 0.1) is 5.92 Å². The van der Waals surface area contributed by atoms with E-state index < -0.39 is 0 Å². The monoisotopic (exact) mass is 363 g/mol. The molecule has 140 valence electrons. The van der Waals surface area contributed by atoms with E-state index in [0.29, 0.717) is 12.5 Å². The van der Waals surface area contributed by atoms with Gasteiger partial charge in [-0.3, -0.25) is 4.90 Å². The minimum atomic E-state index is -0.259. The van der Waals surface area contributed by atoms with E-state index in [2.05, 4.69) is 36.4 Å². The van der Waals surface area contributed by atoms with Crippen LogP contribution in [0.25, 0.3) is 11.1 Å². The topological polar surface area (TPSA) is 49.8 Å². The highest BCUT2D eigenvalue weighted by Crippen LogP contribution is 2.45. The summed E-state index contributed by atoms with van der Waals surface area (Å²) in [4.78, 5) is 14.8. The second-order valence-corrected chi connectivity index (χ2v) is 8.04. The van der Waals surface area contributed by atoms with E-state index in [1.807, 2.05) is 17.0 Å². The summed E-state index contributed by atoms with van der Waals surface area (Å²) in [6.07, 6.45) is 4.01. The molecule has 2 aromatic rings. The standard InChI is InChI=1S/C23H25NO3/c25-13-16-12-15-6-5-11-22(15)24(16)23(26)27-14-21-19-9-3-1-7-17(19)18-8-2-4-10-20(18)21/h1-4,7-10,15-16,21-22,25H,5-6,11-14H2/t15-,16-,22-/m0/s1. The van der Waals surface area contributed by atoms with Crippen molar-refractivity contribution in [3.8, 4) is 11.1 Å². The van der Waals surface area contributed by atoms with E-state index in [1.54, 1.807) is 0 Å². The molecule has 5 rings (SSSR count). The number of benzene rings is 2. The third-order valence-electron chi connectivity index (χ3n) is 6.70. The van der Waals surface area contributed by atoms with E-state index in [0.717, 1.165) is 19.3 Å². The van der Waals surface area contributed by atoms with Crippen LogP contribution in [0.15, 0.2) is 48.5 Å². The average molecular weight is 363 g/mol. The van der Waals surface area contributed by atoms with Gasteiger partial charge in [0.2, 0.25) is 0 Å². The van der Waals surface area contributed by atoms with Crippen molar-refractivity contribution in [2.24, 2.45) is 5.92 Å². The van der Waals surface area contributed by atoms with Gasteiger partial charge < -0.3 is 9.84 Å². The fourth-order valence-electron chi connectivity index (χ4n) is 5.51. The van der Waals surface area contributed by atoms with Gasteiger partial charge in [-0.25, -0.2) is 4.79 Å². The summed E-state index contributed by atoms with van der Waals surface area (Å²) in [5.74, 6) is 0.610. The number of carbonyl (C=O) groups excluding carboxylic acids is 1. The predicted octanol–water partition coefficient (Wildman–Crippen LogP) is 4.17. The van der Waals surface area contributed by atoms with Crippen molar-refractivity contribution in [1.29, 1.82) is 0 Å². The normalized spacial score (nSPS) is 26.0. The van der Waals surface area contributed by atoms with Gasteiger partial charge in [0.25, 0.3) is 0 Å². The highest BCUT2D eigenvalue weighted by molar-refractivity contribution is 5.79. The number of amides is 1. The molecule has 2 aliphatic carbocycles. The van der Waals surface area contributed by atoms with Crippen LogP contribution in [0.3, 0.4) is 0 Å². The van der Waals surface area contributed by atoms with Gasteiger partial charge in [-0.15, -0.1) is 0 Å². The molecular weight excluding hydrogens is 338 g/mol. The summed E-state index contributed by atoms with van der Waals surface area (Å²) in [5, 5.41) is 9.73. The second kappa shape index (κ2) is 6.68. The lowest BCUT2D eigenvalue weighted by Gasteiger charge is -2.28. The summed E-state index contributed by atoms with van der Waals surface area (Å²) in [7, 11) is 0. The largest absolute Gasteiger partial charge is 0.448 e. The summed E-state index contributed by atoms with van der Waals surface area (Å²) in [6.45, 7) is 0.371. The molecule has 2 aromatic carbocycles.